The summed E-state index contributed by atoms with van der Waals surface area (Å²) in [4.78, 5) is 58.5. The number of allylic oxidation sites excluding steroid dienone is 22. The van der Waals surface area contributed by atoms with Gasteiger partial charge in [0.1, 0.15) is 25.4 Å². The molecule has 0 aliphatic carbocycles. The smallest absolute Gasteiger partial charge is 0.463 e. The van der Waals surface area contributed by atoms with Gasteiger partial charge in [0.05, 0.1) is 26.4 Å². The molecule has 16 nitrogen and oxygen atoms in total. The van der Waals surface area contributed by atoms with Gasteiger partial charge in [-0.25, -0.2) is 9.13 Å². The Morgan fingerprint density at radius 1 is 0.305 bits per heavy atom. The fourth-order valence-electron chi connectivity index (χ4n) is 9.26. The van der Waals surface area contributed by atoms with Gasteiger partial charge in [0.2, 0.25) is 0 Å². The molecule has 0 aromatic heterocycles. The van der Waals surface area contributed by atoms with Crippen molar-refractivity contribution in [3.63, 3.8) is 0 Å². The highest BCUT2D eigenvalue weighted by molar-refractivity contribution is 7.47. The number of unbranched alkanes of at least 4 members (excludes halogenated alkanes) is 23. The number of aliphatic hydroxyl groups excluding tert-OH is 2. The lowest BCUT2D eigenvalue weighted by Gasteiger charge is -2.21. The molecule has 0 saturated carbocycles. The summed E-state index contributed by atoms with van der Waals surface area (Å²) in [6.45, 7) is 2.41. The van der Waals surface area contributed by atoms with Crippen LogP contribution in [-0.4, -0.2) is 95.9 Å². The van der Waals surface area contributed by atoms with Crippen LogP contribution in [0.4, 0.5) is 0 Å². The molecule has 18 heteroatoms. The molecule has 0 amide bonds. The van der Waals surface area contributed by atoms with E-state index in [4.69, 9.17) is 32.3 Å². The van der Waals surface area contributed by atoms with E-state index in [0.717, 1.165) is 180 Å². The van der Waals surface area contributed by atoms with Crippen LogP contribution in [0.15, 0.2) is 134 Å². The number of carbonyl (C=O) groups excluding carboxylic acids is 3. The molecule has 95 heavy (non-hydrogen) atoms. The second kappa shape index (κ2) is 69.6. The van der Waals surface area contributed by atoms with Crippen LogP contribution in [0.1, 0.15) is 278 Å². The largest absolute Gasteiger partial charge is 0.472 e. The van der Waals surface area contributed by atoms with Crippen molar-refractivity contribution < 1.29 is 75.8 Å². The van der Waals surface area contributed by atoms with Crippen molar-refractivity contribution in [1.29, 1.82) is 0 Å². The quantitative estimate of drug-likeness (QED) is 0.0146. The SMILES string of the molecule is CC/C=C\C/C=C\C/C=C\C/C=C\C/C=C\C/C=C\CCCCCCCCCCC(=O)OCC(O)COP(=O)(O)OCC(O)COP(=O)(O)OCC(COC(=O)CCCCCCCC/C=C\C/C=C\C/C=C\CCCCC)OC(=O)CCCCCCC/C=C\C/C=C\CCC. The van der Waals surface area contributed by atoms with E-state index >= 15 is 0 Å². The monoisotopic (exact) mass is 1370 g/mol. The van der Waals surface area contributed by atoms with E-state index < -0.39 is 91.5 Å². The maximum Gasteiger partial charge on any atom is 0.472 e. The molecule has 0 radical (unpaired) electrons. The minimum atomic E-state index is -4.93. The van der Waals surface area contributed by atoms with E-state index in [1.165, 1.54) is 38.5 Å². The summed E-state index contributed by atoms with van der Waals surface area (Å²) in [5, 5.41) is 20.6. The first-order valence-corrected chi connectivity index (χ1v) is 39.5. The molecule has 0 fully saturated rings. The van der Waals surface area contributed by atoms with Crippen molar-refractivity contribution in [1.82, 2.24) is 0 Å². The molecular formula is C77H130O16P2. The minimum absolute atomic E-state index is 0.0824. The highest BCUT2D eigenvalue weighted by Gasteiger charge is 2.29. The lowest BCUT2D eigenvalue weighted by Crippen LogP contribution is -2.30. The summed E-state index contributed by atoms with van der Waals surface area (Å²) in [6, 6.07) is 0. The Balaban J connectivity index is 4.56. The maximum absolute atomic E-state index is 12.9. The number of phosphoric acid groups is 2. The van der Waals surface area contributed by atoms with E-state index in [2.05, 4.69) is 154 Å². The highest BCUT2D eigenvalue weighted by atomic mass is 31.2. The molecule has 5 unspecified atom stereocenters. The summed E-state index contributed by atoms with van der Waals surface area (Å²) in [5.74, 6) is -1.62. The predicted octanol–water partition coefficient (Wildman–Crippen LogP) is 20.8. The van der Waals surface area contributed by atoms with Crippen LogP contribution < -0.4 is 0 Å². The molecule has 0 saturated heterocycles. The second-order valence-electron chi connectivity index (χ2n) is 24.0. The number of hydrogen-bond acceptors (Lipinski definition) is 14. The first-order valence-electron chi connectivity index (χ1n) is 36.5. The van der Waals surface area contributed by atoms with Gasteiger partial charge < -0.3 is 34.2 Å². The molecule has 0 aliphatic rings. The normalized spacial score (nSPS) is 14.9. The zero-order valence-electron chi connectivity index (χ0n) is 59.0. The molecule has 4 N–H and O–H groups in total. The zero-order valence-corrected chi connectivity index (χ0v) is 60.8. The molecule has 5 atom stereocenters. The van der Waals surface area contributed by atoms with Crippen molar-refractivity contribution in [2.75, 3.05) is 39.6 Å². The van der Waals surface area contributed by atoms with Crippen LogP contribution in [-0.2, 0) is 55.8 Å². The Kier molecular flexibility index (Phi) is 66.4. The summed E-state index contributed by atoms with van der Waals surface area (Å²) >= 11 is 0. The molecule has 0 bridgehead atoms. The van der Waals surface area contributed by atoms with Crippen LogP contribution >= 0.6 is 15.6 Å². The summed E-state index contributed by atoms with van der Waals surface area (Å²) in [7, 11) is -9.79. The molecule has 0 spiro atoms. The van der Waals surface area contributed by atoms with Gasteiger partial charge in [-0.15, -0.1) is 0 Å². The third kappa shape index (κ3) is 70.8. The molecule has 0 rings (SSSR count). The Labute approximate surface area is 575 Å². The van der Waals surface area contributed by atoms with E-state index in [1.807, 2.05) is 0 Å². The fraction of sp³-hybridized carbons (Fsp3) is 0.675. The number of carbonyl (C=O) groups is 3. The van der Waals surface area contributed by atoms with E-state index in [-0.39, 0.29) is 19.3 Å². The lowest BCUT2D eigenvalue weighted by atomic mass is 10.1. The van der Waals surface area contributed by atoms with Crippen LogP contribution in [0.2, 0.25) is 0 Å². The Morgan fingerprint density at radius 3 is 0.926 bits per heavy atom. The van der Waals surface area contributed by atoms with Gasteiger partial charge in [-0.3, -0.25) is 32.5 Å². The molecule has 0 aliphatic heterocycles. The number of aliphatic hydroxyl groups is 2. The summed E-state index contributed by atoms with van der Waals surface area (Å²) in [6.07, 6.45) is 82.1. The van der Waals surface area contributed by atoms with Gasteiger partial charge in [0.15, 0.2) is 6.10 Å². The van der Waals surface area contributed by atoms with E-state index in [1.54, 1.807) is 0 Å². The van der Waals surface area contributed by atoms with E-state index in [0.29, 0.717) is 19.3 Å². The van der Waals surface area contributed by atoms with Crippen LogP contribution in [0, 0.1) is 0 Å². The van der Waals surface area contributed by atoms with Crippen LogP contribution in [0.25, 0.3) is 0 Å². The summed E-state index contributed by atoms with van der Waals surface area (Å²) < 4.78 is 60.9. The molecule has 0 aromatic carbocycles. The van der Waals surface area contributed by atoms with Crippen molar-refractivity contribution in [2.24, 2.45) is 0 Å². The number of phosphoric ester groups is 2. The predicted molar refractivity (Wildman–Crippen MR) is 390 cm³/mol. The average molecular weight is 1370 g/mol. The number of ether oxygens (including phenoxy) is 3. The van der Waals surface area contributed by atoms with Gasteiger partial charge in [0, 0.05) is 19.3 Å². The summed E-state index contributed by atoms with van der Waals surface area (Å²) in [5.41, 5.74) is 0. The highest BCUT2D eigenvalue weighted by Crippen LogP contribution is 2.45. The molecule has 0 heterocycles. The van der Waals surface area contributed by atoms with Gasteiger partial charge >= 0.3 is 33.6 Å². The maximum atomic E-state index is 12.9. The number of hydrogen-bond donors (Lipinski definition) is 4. The van der Waals surface area contributed by atoms with Crippen molar-refractivity contribution in [2.45, 2.75) is 296 Å². The lowest BCUT2D eigenvalue weighted by molar-refractivity contribution is -0.161. The van der Waals surface area contributed by atoms with Gasteiger partial charge in [0.25, 0.3) is 0 Å². The Hall–Kier alpha value is -4.31. The Morgan fingerprint density at radius 2 is 0.579 bits per heavy atom. The van der Waals surface area contributed by atoms with Crippen molar-refractivity contribution >= 4 is 33.6 Å². The average Bonchev–Trinajstić information content (AvgIpc) is 1.81. The molecule has 544 valence electrons. The van der Waals surface area contributed by atoms with Gasteiger partial charge in [-0.2, -0.15) is 0 Å². The number of esters is 3. The van der Waals surface area contributed by atoms with Gasteiger partial charge in [-0.1, -0.05) is 257 Å². The van der Waals surface area contributed by atoms with Gasteiger partial charge in [-0.05, 0) is 135 Å². The number of rotatable bonds is 68. The third-order valence-corrected chi connectivity index (χ3v) is 16.7. The zero-order chi connectivity index (χ0) is 69.5. The van der Waals surface area contributed by atoms with E-state index in [9.17, 15) is 43.5 Å². The molecule has 0 aromatic rings. The van der Waals surface area contributed by atoms with Crippen LogP contribution in [0.5, 0.6) is 0 Å². The fourth-order valence-corrected chi connectivity index (χ4v) is 10.8. The topological polar surface area (TPSA) is 231 Å². The minimum Gasteiger partial charge on any atom is -0.463 e. The first kappa shape index (κ1) is 90.7. The molecular weight excluding hydrogens is 1240 g/mol. The second-order valence-corrected chi connectivity index (χ2v) is 26.9. The first-order chi connectivity index (χ1) is 46.2. The third-order valence-electron chi connectivity index (χ3n) is 14.8. The van der Waals surface area contributed by atoms with Crippen LogP contribution in [0.3, 0.4) is 0 Å². The van der Waals surface area contributed by atoms with Crippen molar-refractivity contribution in [3.05, 3.63) is 134 Å². The van der Waals surface area contributed by atoms with Crippen molar-refractivity contribution in [3.8, 4) is 0 Å². The Bertz CT molecular complexity index is 2260. The standard InChI is InChI=1S/C77H130O16P2/c1-4-7-10-13-16-19-22-25-27-29-31-32-33-34-35-36-37-38-40-42-43-46-48-51-54-57-60-63-75(80)87-66-72(78)67-89-94(83,84)90-68-73(79)69-91-95(85,86)92-71-74(93-77(82)65-62-59-56-53-50-45-24-21-18-15-12-9-6-3)70-88-76(81)64-61-58-55-52-49-47-44-41-39-30-28-26-23-20-17-14-11-8-5-2/h7,10,12,15-17,19-21,24-28,31-32,34-35,37-39,41,72-74,78-79H,4-6,8-9,11,13-14,18,22-23,29-30,33,36,40,42-71H2,1-3H3,(H,83,84)(H,85,86)/b10-7-,15-12-,19-16-,20-17-,24-21-,27-25-,28-26-,32-31-,35-34-,38-37-,41-39-.